The van der Waals surface area contributed by atoms with E-state index in [0.717, 1.165) is 28.4 Å². The van der Waals surface area contributed by atoms with Crippen molar-refractivity contribution in [3.8, 4) is 72.4 Å². The van der Waals surface area contributed by atoms with Crippen molar-refractivity contribution in [3.63, 3.8) is 0 Å². The molecule has 0 bridgehead atoms. The van der Waals surface area contributed by atoms with E-state index in [9.17, 15) is 0 Å². The summed E-state index contributed by atoms with van der Waals surface area (Å²) in [5.41, 5.74) is 30.9. The molecule has 17 rings (SSSR count). The van der Waals surface area contributed by atoms with Crippen LogP contribution < -0.4 is 9.80 Å². The fourth-order valence-electron chi connectivity index (χ4n) is 14.7. The molecule has 1 aromatic heterocycles. The lowest BCUT2D eigenvalue weighted by molar-refractivity contribution is 0.660. The van der Waals surface area contributed by atoms with Gasteiger partial charge in [-0.3, -0.25) is 0 Å². The van der Waals surface area contributed by atoms with Gasteiger partial charge in [0, 0.05) is 61.4 Å². The molecule has 15 aromatic rings. The van der Waals surface area contributed by atoms with Crippen molar-refractivity contribution in [1.82, 2.24) is 4.57 Å². The quantitative estimate of drug-likeness (QED) is 0.128. The molecule has 3 nitrogen and oxygen atoms in total. The molecule has 0 amide bonds. The van der Waals surface area contributed by atoms with Gasteiger partial charge in [0.2, 0.25) is 0 Å². The Morgan fingerprint density at radius 2 is 0.516 bits per heavy atom. The maximum atomic E-state index is 2.41. The summed E-state index contributed by atoms with van der Waals surface area (Å²) in [6, 6.07) is 126. The zero-order chi connectivity index (χ0) is 62.6. The minimum atomic E-state index is -0.0878. The van der Waals surface area contributed by atoms with Crippen molar-refractivity contribution < 1.29 is 0 Å². The van der Waals surface area contributed by atoms with Crippen molar-refractivity contribution in [2.24, 2.45) is 0 Å². The molecule has 93 heavy (non-hydrogen) atoms. The van der Waals surface area contributed by atoms with Gasteiger partial charge in [-0.05, 0) is 186 Å². The van der Waals surface area contributed by atoms with Crippen molar-refractivity contribution in [2.45, 2.75) is 38.5 Å². The van der Waals surface area contributed by atoms with E-state index in [0.29, 0.717) is 0 Å². The molecule has 2 aliphatic rings. The van der Waals surface area contributed by atoms with Crippen LogP contribution in [0, 0.1) is 0 Å². The summed E-state index contributed by atoms with van der Waals surface area (Å²) >= 11 is 0. The highest BCUT2D eigenvalue weighted by Crippen LogP contribution is 2.53. The molecule has 0 N–H and O–H groups in total. The van der Waals surface area contributed by atoms with E-state index in [1.807, 2.05) is 0 Å². The molecule has 3 heteroatoms. The molecule has 0 unspecified atom stereocenters. The van der Waals surface area contributed by atoms with Gasteiger partial charge in [-0.25, -0.2) is 0 Å². The van der Waals surface area contributed by atoms with Gasteiger partial charge in [0.15, 0.2) is 0 Å². The van der Waals surface area contributed by atoms with Crippen LogP contribution in [0.4, 0.5) is 34.1 Å². The van der Waals surface area contributed by atoms with Crippen LogP contribution in [-0.2, 0) is 10.8 Å². The second kappa shape index (κ2) is 23.4. The third-order valence-corrected chi connectivity index (χ3v) is 19.5. The number of hydrogen-bond acceptors (Lipinski definition) is 2. The average Bonchev–Trinajstić information content (AvgIpc) is 1.91. The number of aromatic nitrogens is 1. The van der Waals surface area contributed by atoms with Crippen LogP contribution in [0.25, 0.3) is 94.3 Å². The normalized spacial score (nSPS) is 12.9. The van der Waals surface area contributed by atoms with Crippen LogP contribution in [0.15, 0.2) is 346 Å². The third kappa shape index (κ3) is 10.2. The van der Waals surface area contributed by atoms with E-state index in [2.05, 4.69) is 388 Å². The Kier molecular flexibility index (Phi) is 14.2. The smallest absolute Gasteiger partial charge is 0.0547 e. The molecule has 0 radical (unpaired) electrons. The van der Waals surface area contributed by atoms with E-state index >= 15 is 0 Å². The molecule has 2 aliphatic carbocycles. The van der Waals surface area contributed by atoms with Crippen molar-refractivity contribution in [1.29, 1.82) is 0 Å². The Morgan fingerprint density at radius 3 is 0.935 bits per heavy atom. The zero-order valence-electron chi connectivity index (χ0n) is 52.8. The van der Waals surface area contributed by atoms with Gasteiger partial charge in [0.25, 0.3) is 0 Å². The molecule has 1 heterocycles. The first-order valence-corrected chi connectivity index (χ1v) is 32.4. The standard InChI is InChI=1S/C51H38N2.C39H31N/c1-51(2)47-19-11-9-17-43(47)44-32-30-42(34-48(44)51)52(40-26-21-36(22-27-40)35-13-5-3-6-14-35)41-28-23-37(24-29-41)38-25-31-46-45-18-10-12-20-49(45)53(50(46)33-38)39-15-7-4-8-16-39;1-39(2)37-16-10-9-15-35(37)36-26-25-34(27-38(36)39)40(32-21-17-30(18-22-32)28-11-5-3-6-12-28)33-23-19-31(20-24-33)29-13-7-4-8-14-29/h3-34H,1-2H3;3-27H,1-2H3. The van der Waals surface area contributed by atoms with Crippen LogP contribution in [0.1, 0.15) is 49.9 Å². The maximum Gasteiger partial charge on any atom is 0.0547 e. The summed E-state index contributed by atoms with van der Waals surface area (Å²) in [4.78, 5) is 4.78. The second-order valence-electron chi connectivity index (χ2n) is 25.7. The number of benzene rings is 14. The van der Waals surface area contributed by atoms with Crippen molar-refractivity contribution in [2.75, 3.05) is 9.80 Å². The van der Waals surface area contributed by atoms with Gasteiger partial charge in [-0.15, -0.1) is 0 Å². The minimum Gasteiger partial charge on any atom is -0.310 e. The minimum absolute atomic E-state index is 0.0536. The van der Waals surface area contributed by atoms with E-state index in [4.69, 9.17) is 0 Å². The Labute approximate surface area is 546 Å². The lowest BCUT2D eigenvalue weighted by Crippen LogP contribution is -2.16. The summed E-state index contributed by atoms with van der Waals surface area (Å²) < 4.78 is 2.39. The Hall–Kier alpha value is -11.5. The number of anilines is 6. The largest absolute Gasteiger partial charge is 0.310 e. The van der Waals surface area contributed by atoms with Gasteiger partial charge < -0.3 is 14.4 Å². The van der Waals surface area contributed by atoms with Crippen LogP contribution in [0.5, 0.6) is 0 Å². The third-order valence-electron chi connectivity index (χ3n) is 19.5. The number of nitrogens with zero attached hydrogens (tertiary/aromatic N) is 3. The lowest BCUT2D eigenvalue weighted by Gasteiger charge is -2.28. The summed E-state index contributed by atoms with van der Waals surface area (Å²) in [5, 5.41) is 2.53. The number of fused-ring (bicyclic) bond motifs is 9. The fraction of sp³-hybridized carbons (Fsp3) is 0.0667. The first-order valence-electron chi connectivity index (χ1n) is 32.4. The predicted octanol–water partition coefficient (Wildman–Crippen LogP) is 24.7. The maximum absolute atomic E-state index is 2.41. The molecule has 0 fully saturated rings. The summed E-state index contributed by atoms with van der Waals surface area (Å²) in [5.74, 6) is 0. The highest BCUT2D eigenvalue weighted by molar-refractivity contribution is 6.10. The van der Waals surface area contributed by atoms with Crippen LogP contribution >= 0.6 is 0 Å². The fourth-order valence-corrected chi connectivity index (χ4v) is 14.7. The van der Waals surface area contributed by atoms with Gasteiger partial charge in [0.05, 0.1) is 11.0 Å². The molecule has 0 atom stereocenters. The number of hydrogen-bond donors (Lipinski definition) is 0. The molecule has 14 aromatic carbocycles. The molecular formula is C90H69N3. The van der Waals surface area contributed by atoms with E-state index in [-0.39, 0.29) is 10.8 Å². The first-order chi connectivity index (χ1) is 45.6. The average molecular weight is 1190 g/mol. The highest BCUT2D eigenvalue weighted by Gasteiger charge is 2.37. The van der Waals surface area contributed by atoms with Crippen LogP contribution in [0.2, 0.25) is 0 Å². The molecule has 0 aliphatic heterocycles. The summed E-state index contributed by atoms with van der Waals surface area (Å²) in [7, 11) is 0. The Balaban J connectivity index is 0.000000154. The van der Waals surface area contributed by atoms with Gasteiger partial charge in [-0.2, -0.15) is 0 Å². The van der Waals surface area contributed by atoms with E-state index in [1.54, 1.807) is 0 Å². The van der Waals surface area contributed by atoms with Gasteiger partial charge in [0.1, 0.15) is 0 Å². The summed E-state index contributed by atoms with van der Waals surface area (Å²) in [6.07, 6.45) is 0. The molecule has 0 saturated carbocycles. The van der Waals surface area contributed by atoms with Crippen molar-refractivity contribution >= 4 is 55.9 Å². The lowest BCUT2D eigenvalue weighted by atomic mass is 9.82. The first kappa shape index (κ1) is 56.7. The number of rotatable bonds is 11. The van der Waals surface area contributed by atoms with E-state index < -0.39 is 0 Å². The van der Waals surface area contributed by atoms with Crippen LogP contribution in [0.3, 0.4) is 0 Å². The molecule has 0 saturated heterocycles. The Bertz CT molecular complexity index is 5120. The molecule has 444 valence electrons. The second-order valence-corrected chi connectivity index (χ2v) is 25.7. The van der Waals surface area contributed by atoms with Gasteiger partial charge >= 0.3 is 0 Å². The Morgan fingerprint density at radius 1 is 0.215 bits per heavy atom. The monoisotopic (exact) mass is 1190 g/mol. The van der Waals surface area contributed by atoms with Crippen molar-refractivity contribution in [3.05, 3.63) is 368 Å². The zero-order valence-corrected chi connectivity index (χ0v) is 52.8. The highest BCUT2D eigenvalue weighted by atomic mass is 15.1. The SMILES string of the molecule is CC1(C)c2ccccc2-c2ccc(N(c3ccc(-c4ccccc4)cc3)c3ccc(-c4ccc5c6ccccc6n(-c6ccccc6)c5c4)cc3)cc21.CC1(C)c2ccccc2-c2ccc(N(c3ccc(-c4ccccc4)cc3)c3ccc(-c4ccccc4)cc3)cc21. The number of para-hydroxylation sites is 2. The topological polar surface area (TPSA) is 11.4 Å². The van der Waals surface area contributed by atoms with Gasteiger partial charge in [-0.1, -0.05) is 276 Å². The molecule has 0 spiro atoms. The van der Waals surface area contributed by atoms with E-state index in [1.165, 1.54) is 122 Å². The predicted molar refractivity (Wildman–Crippen MR) is 393 cm³/mol. The summed E-state index contributed by atoms with van der Waals surface area (Å²) in [6.45, 7) is 9.39. The van der Waals surface area contributed by atoms with Crippen LogP contribution in [-0.4, -0.2) is 4.57 Å². The molecular weight excluding hydrogens is 1120 g/mol.